The first-order valence-electron chi connectivity index (χ1n) is 12.3. The van der Waals surface area contributed by atoms with Gasteiger partial charge in [0.25, 0.3) is 11.8 Å². The van der Waals surface area contributed by atoms with Crippen LogP contribution >= 0.6 is 34.8 Å². The SMILES string of the molecule is C[S+]([O-])c1cc(F)cc(C[C@H](NC(=O)c2c(Cl)cc3c(c2Cl)CCN(C(=O)c2ccc(Cl)cc2)C3CO)C(=O)O)c1. The second kappa shape index (κ2) is 13.0. The van der Waals surface area contributed by atoms with E-state index in [4.69, 9.17) is 34.8 Å². The van der Waals surface area contributed by atoms with Crippen LogP contribution in [0.2, 0.25) is 15.1 Å². The van der Waals surface area contributed by atoms with Crippen molar-refractivity contribution < 1.29 is 33.5 Å². The number of carboxylic acid groups (broad SMARTS) is 1. The van der Waals surface area contributed by atoms with Crippen LogP contribution in [-0.2, 0) is 28.8 Å². The second-order valence-electron chi connectivity index (χ2n) is 9.39. The molecule has 0 fully saturated rings. The van der Waals surface area contributed by atoms with Crippen molar-refractivity contribution in [1.82, 2.24) is 10.2 Å². The molecule has 4 rings (SSSR count). The number of nitrogens with one attached hydrogen (secondary N) is 1. The van der Waals surface area contributed by atoms with Crippen LogP contribution in [0, 0.1) is 5.82 Å². The Morgan fingerprint density at radius 1 is 1.15 bits per heavy atom. The summed E-state index contributed by atoms with van der Waals surface area (Å²) in [6.07, 6.45) is 1.31. The molecule has 3 atom stereocenters. The maximum atomic E-state index is 14.0. The molecule has 0 radical (unpaired) electrons. The van der Waals surface area contributed by atoms with E-state index in [1.165, 1.54) is 23.3 Å². The highest BCUT2D eigenvalue weighted by molar-refractivity contribution is 7.90. The van der Waals surface area contributed by atoms with Gasteiger partial charge in [0.1, 0.15) is 18.1 Å². The number of carbonyl (C=O) groups is 3. The Kier molecular flexibility index (Phi) is 9.84. The van der Waals surface area contributed by atoms with Gasteiger partial charge in [0.2, 0.25) is 0 Å². The van der Waals surface area contributed by atoms with Crippen molar-refractivity contribution in [2.75, 3.05) is 19.4 Å². The molecule has 1 aliphatic heterocycles. The molecule has 13 heteroatoms. The van der Waals surface area contributed by atoms with E-state index in [0.29, 0.717) is 21.7 Å². The predicted molar refractivity (Wildman–Crippen MR) is 154 cm³/mol. The predicted octanol–water partition coefficient (Wildman–Crippen LogP) is 4.68. The molecule has 0 saturated heterocycles. The highest BCUT2D eigenvalue weighted by Gasteiger charge is 2.35. The number of carboxylic acids is 1. The first kappa shape index (κ1) is 31.1. The van der Waals surface area contributed by atoms with Crippen molar-refractivity contribution in [3.63, 3.8) is 0 Å². The summed E-state index contributed by atoms with van der Waals surface area (Å²) in [6, 6.07) is 9.07. The zero-order chi connectivity index (χ0) is 30.0. The van der Waals surface area contributed by atoms with Crippen molar-refractivity contribution in [2.24, 2.45) is 0 Å². The fourth-order valence-electron chi connectivity index (χ4n) is 4.76. The number of halogens is 4. The van der Waals surface area contributed by atoms with Gasteiger partial charge in [-0.3, -0.25) is 9.59 Å². The van der Waals surface area contributed by atoms with Gasteiger partial charge in [-0.25, -0.2) is 9.18 Å². The van der Waals surface area contributed by atoms with Crippen LogP contribution in [-0.4, -0.2) is 62.9 Å². The number of aliphatic hydroxyl groups excluding tert-OH is 1. The fraction of sp³-hybridized carbons (Fsp3) is 0.250. The van der Waals surface area contributed by atoms with Gasteiger partial charge in [0.05, 0.1) is 28.3 Å². The number of benzene rings is 3. The van der Waals surface area contributed by atoms with Crippen LogP contribution in [0.15, 0.2) is 53.4 Å². The van der Waals surface area contributed by atoms with E-state index in [1.807, 2.05) is 0 Å². The summed E-state index contributed by atoms with van der Waals surface area (Å²) in [6.45, 7) is -0.260. The topological polar surface area (TPSA) is 130 Å². The molecule has 3 aromatic rings. The number of fused-ring (bicyclic) bond motifs is 1. The summed E-state index contributed by atoms with van der Waals surface area (Å²) >= 11 is 17.5. The summed E-state index contributed by atoms with van der Waals surface area (Å²) in [7, 11) is 0. The molecular weight excluding hydrogens is 618 g/mol. The van der Waals surface area contributed by atoms with E-state index in [-0.39, 0.29) is 51.4 Å². The zero-order valence-electron chi connectivity index (χ0n) is 21.5. The summed E-state index contributed by atoms with van der Waals surface area (Å²) in [5.74, 6) is -3.28. The Bertz CT molecular complexity index is 1510. The Hall–Kier alpha value is -2.86. The minimum Gasteiger partial charge on any atom is -0.612 e. The maximum Gasteiger partial charge on any atom is 0.326 e. The Morgan fingerprint density at radius 2 is 1.83 bits per heavy atom. The first-order valence-corrected chi connectivity index (χ1v) is 14.9. The minimum atomic E-state index is -1.50. The Balaban J connectivity index is 1.61. The van der Waals surface area contributed by atoms with Crippen LogP contribution in [0.3, 0.4) is 0 Å². The average molecular weight is 642 g/mol. The van der Waals surface area contributed by atoms with Crippen molar-refractivity contribution in [1.29, 1.82) is 0 Å². The third-order valence-corrected chi connectivity index (χ3v) is 8.62. The number of aliphatic carboxylic acids is 1. The molecule has 1 aliphatic rings. The number of carbonyl (C=O) groups excluding carboxylic acids is 2. The summed E-state index contributed by atoms with van der Waals surface area (Å²) < 4.78 is 25.8. The average Bonchev–Trinajstić information content (AvgIpc) is 2.91. The molecule has 41 heavy (non-hydrogen) atoms. The van der Waals surface area contributed by atoms with Crippen molar-refractivity contribution in [2.45, 2.75) is 29.8 Å². The second-order valence-corrected chi connectivity index (χ2v) is 12.0. The van der Waals surface area contributed by atoms with Gasteiger partial charge in [-0.1, -0.05) is 34.8 Å². The normalized spacial score (nSPS) is 16.1. The monoisotopic (exact) mass is 640 g/mol. The molecule has 3 N–H and O–H groups in total. The zero-order valence-corrected chi connectivity index (χ0v) is 24.6. The number of nitrogens with zero attached hydrogens (tertiary/aromatic N) is 1. The molecule has 8 nitrogen and oxygen atoms in total. The lowest BCUT2D eigenvalue weighted by atomic mass is 9.90. The molecule has 0 bridgehead atoms. The Morgan fingerprint density at radius 3 is 2.44 bits per heavy atom. The van der Waals surface area contributed by atoms with Gasteiger partial charge in [0, 0.05) is 29.6 Å². The lowest BCUT2D eigenvalue weighted by Crippen LogP contribution is -2.43. The van der Waals surface area contributed by atoms with E-state index in [9.17, 15) is 33.5 Å². The third kappa shape index (κ3) is 6.80. The molecule has 216 valence electrons. The van der Waals surface area contributed by atoms with Gasteiger partial charge in [-0.2, -0.15) is 0 Å². The number of aliphatic hydroxyl groups is 1. The first-order chi connectivity index (χ1) is 19.4. The molecular formula is C28H24Cl3FN2O6S. The highest BCUT2D eigenvalue weighted by atomic mass is 35.5. The van der Waals surface area contributed by atoms with E-state index in [2.05, 4.69) is 5.32 Å². The van der Waals surface area contributed by atoms with Crippen molar-refractivity contribution in [3.8, 4) is 0 Å². The van der Waals surface area contributed by atoms with Crippen molar-refractivity contribution in [3.05, 3.63) is 97.2 Å². The van der Waals surface area contributed by atoms with Gasteiger partial charge >= 0.3 is 5.97 Å². The van der Waals surface area contributed by atoms with Gasteiger partial charge in [0.15, 0.2) is 4.90 Å². The maximum absolute atomic E-state index is 14.0. The van der Waals surface area contributed by atoms with E-state index >= 15 is 0 Å². The molecule has 0 spiro atoms. The van der Waals surface area contributed by atoms with Crippen LogP contribution in [0.1, 0.15) is 43.4 Å². The quantitative estimate of drug-likeness (QED) is 0.306. The lowest BCUT2D eigenvalue weighted by Gasteiger charge is -2.37. The molecule has 0 aromatic heterocycles. The summed E-state index contributed by atoms with van der Waals surface area (Å²) in [5.41, 5.74) is 1.39. The standard InChI is InChI=1S/C28H24Cl3FN2O6S/c1-41(40)18-9-14(8-17(32)11-18)10-22(28(38)39)33-26(36)24-21(30)12-20-19(25(24)31)6-7-34(23(20)13-35)27(37)15-2-4-16(29)5-3-15/h2-5,8-9,11-12,22-23,35H,6-7,10,13H2,1H3,(H,33,36)(H,38,39)/t22-,23?,41?/m0/s1. The lowest BCUT2D eigenvalue weighted by molar-refractivity contribution is -0.139. The van der Waals surface area contributed by atoms with Crippen LogP contribution in [0.4, 0.5) is 4.39 Å². The molecule has 1 heterocycles. The fourth-order valence-corrected chi connectivity index (χ4v) is 6.22. The van der Waals surface area contributed by atoms with E-state index in [1.54, 1.807) is 24.3 Å². The summed E-state index contributed by atoms with van der Waals surface area (Å²) in [4.78, 5) is 40.1. The number of hydrogen-bond acceptors (Lipinski definition) is 5. The van der Waals surface area contributed by atoms with Crippen LogP contribution in [0.5, 0.6) is 0 Å². The molecule has 2 unspecified atom stereocenters. The number of amides is 2. The van der Waals surface area contributed by atoms with Gasteiger partial charge in [-0.05, 0) is 76.8 Å². The number of rotatable bonds is 8. The smallest absolute Gasteiger partial charge is 0.326 e. The molecule has 0 saturated carbocycles. The third-order valence-electron chi connectivity index (χ3n) is 6.75. The largest absolute Gasteiger partial charge is 0.612 e. The van der Waals surface area contributed by atoms with Gasteiger partial charge in [-0.15, -0.1) is 0 Å². The Labute approximate surface area is 253 Å². The van der Waals surface area contributed by atoms with Crippen molar-refractivity contribution >= 4 is 63.8 Å². The summed E-state index contributed by atoms with van der Waals surface area (Å²) in [5, 5.41) is 22.7. The van der Waals surface area contributed by atoms with Crippen LogP contribution in [0.25, 0.3) is 0 Å². The van der Waals surface area contributed by atoms with Crippen LogP contribution < -0.4 is 5.32 Å². The highest BCUT2D eigenvalue weighted by Crippen LogP contribution is 2.39. The molecule has 3 aromatic carbocycles. The molecule has 0 aliphatic carbocycles. The molecule has 2 amide bonds. The minimum absolute atomic E-state index is 0.0272. The van der Waals surface area contributed by atoms with Gasteiger partial charge < -0.3 is 25.0 Å². The van der Waals surface area contributed by atoms with E-state index < -0.39 is 47.6 Å². The van der Waals surface area contributed by atoms with E-state index in [0.717, 1.165) is 12.1 Å². The number of hydrogen-bond donors (Lipinski definition) is 3.